The van der Waals surface area contributed by atoms with Gasteiger partial charge in [-0.3, -0.25) is 5.43 Å². The molecule has 1 N–H and O–H groups in total. The molecule has 0 spiro atoms. The fraction of sp³-hybridized carbons (Fsp3) is 0.915. The van der Waals surface area contributed by atoms with E-state index in [0.717, 1.165) is 52.2 Å². The van der Waals surface area contributed by atoms with E-state index in [0.29, 0.717) is 10.3 Å². The maximum atomic E-state index is 5.43. The Balaban J connectivity index is 3.60. The minimum atomic E-state index is 0.0718. The SMILES string of the molecule is CCCCCCCCCCCCC(CCCCCC)C(CCCCCC)(CCCCCC)PC(CCCCCC)(CCCCCC)C(CCCCCC)(CCCC(C)CCCCCCCC)c1ccc(N=NNc2ccc(C(CCCCCC)(CCCC(C)CCCCCCCC)C(CCCCCC)(CCCCCC)PC(CCCCCC)(CCCCCC)C(CCCCCC)CCCCCCCCCCCC)cc2)cc1. The summed E-state index contributed by atoms with van der Waals surface area (Å²) in [5.74, 6) is 3.18. The van der Waals surface area contributed by atoms with E-state index in [2.05, 4.69) is 179 Å². The summed E-state index contributed by atoms with van der Waals surface area (Å²) < 4.78 is 0. The van der Waals surface area contributed by atoms with Gasteiger partial charge in [0, 0.05) is 10.8 Å². The van der Waals surface area contributed by atoms with Crippen LogP contribution in [0.25, 0.3) is 0 Å². The third kappa shape index (κ3) is 63.9. The van der Waals surface area contributed by atoms with Crippen LogP contribution in [0.2, 0.25) is 0 Å². The first kappa shape index (κ1) is 142. The first-order valence-corrected chi connectivity index (χ1v) is 71.1. The van der Waals surface area contributed by atoms with Crippen LogP contribution in [0.15, 0.2) is 58.9 Å². The highest BCUT2D eigenvalue weighted by atomic mass is 31.1. The molecular formula is C142H273N3P2. The van der Waals surface area contributed by atoms with Gasteiger partial charge in [-0.25, -0.2) is 0 Å². The van der Waals surface area contributed by atoms with E-state index < -0.39 is 0 Å². The van der Waals surface area contributed by atoms with Gasteiger partial charge in [0.05, 0.1) is 11.4 Å². The molecule has 0 saturated carbocycles. The van der Waals surface area contributed by atoms with E-state index in [1.54, 1.807) is 11.1 Å². The zero-order valence-corrected chi connectivity index (χ0v) is 106. The van der Waals surface area contributed by atoms with E-state index in [1.165, 1.54) is 655 Å². The Bertz CT molecular complexity index is 2990. The van der Waals surface area contributed by atoms with Gasteiger partial charge in [0.25, 0.3) is 0 Å². The lowest BCUT2D eigenvalue weighted by atomic mass is 9.60. The maximum absolute atomic E-state index is 5.43. The predicted octanol–water partition coefficient (Wildman–Crippen LogP) is 53.2. The average molecular weight is 2080 g/mol. The van der Waals surface area contributed by atoms with Crippen molar-refractivity contribution < 1.29 is 0 Å². The lowest BCUT2D eigenvalue weighted by Gasteiger charge is -2.58. The van der Waals surface area contributed by atoms with Gasteiger partial charge in [0.15, 0.2) is 0 Å². The number of nitrogens with zero attached hydrogens (tertiary/aromatic N) is 2. The lowest BCUT2D eigenvalue weighted by molar-refractivity contribution is 0.197. The Kier molecular flexibility index (Phi) is 95.5. The molecule has 0 radical (unpaired) electrons. The molecular weight excluding hydrogens is 1810 g/mol. The van der Waals surface area contributed by atoms with Crippen LogP contribution in [-0.4, -0.2) is 20.6 Å². The van der Waals surface area contributed by atoms with Crippen LogP contribution in [0.4, 0.5) is 11.4 Å². The number of anilines is 1. The van der Waals surface area contributed by atoms with Crippen LogP contribution < -0.4 is 5.43 Å². The van der Waals surface area contributed by atoms with Gasteiger partial charge in [-0.1, -0.05) is 706 Å². The van der Waals surface area contributed by atoms with Gasteiger partial charge in [-0.2, -0.15) is 0 Å². The fourth-order valence-corrected chi connectivity index (χ4v) is 34.6. The summed E-state index contributed by atoms with van der Waals surface area (Å²) in [5, 5.41) is 11.9. The minimum absolute atomic E-state index is 0.0718. The zero-order valence-electron chi connectivity index (χ0n) is 104. The fourth-order valence-electron chi connectivity index (χ4n) is 28.1. The molecule has 2 aromatic carbocycles. The molecule has 0 aliphatic carbocycles. The van der Waals surface area contributed by atoms with Crippen LogP contribution in [0.1, 0.15) is 791 Å². The highest BCUT2D eigenvalue weighted by Gasteiger charge is 2.57. The summed E-state index contributed by atoms with van der Waals surface area (Å²) in [6, 6.07) is 21.3. The van der Waals surface area contributed by atoms with Crippen molar-refractivity contribution in [3.05, 3.63) is 59.7 Å². The van der Waals surface area contributed by atoms with Crippen molar-refractivity contribution in [2.45, 2.75) is 811 Å². The number of benzene rings is 2. The summed E-state index contributed by atoms with van der Waals surface area (Å²) in [4.78, 5) is 0. The Morgan fingerprint density at radius 1 is 0.190 bits per heavy atom. The smallest absolute Gasteiger partial charge is 0.0874 e. The van der Waals surface area contributed by atoms with Crippen molar-refractivity contribution in [3.63, 3.8) is 0 Å². The van der Waals surface area contributed by atoms with Crippen molar-refractivity contribution in [1.29, 1.82) is 0 Å². The number of unbranched alkanes of at least 4 members (excludes halogenated alkanes) is 64. The van der Waals surface area contributed by atoms with Crippen LogP contribution >= 0.6 is 17.2 Å². The first-order valence-electron chi connectivity index (χ1n) is 69.1. The van der Waals surface area contributed by atoms with E-state index >= 15 is 0 Å². The predicted molar refractivity (Wildman–Crippen MR) is 679 cm³/mol. The normalized spacial score (nSPS) is 14.3. The Hall–Kier alpha value is -1.30. The monoisotopic (exact) mass is 2080 g/mol. The molecule has 0 saturated heterocycles. The highest BCUT2D eigenvalue weighted by Crippen LogP contribution is 2.70. The van der Waals surface area contributed by atoms with E-state index in [9.17, 15) is 0 Å². The molecule has 5 heteroatoms. The van der Waals surface area contributed by atoms with Crippen molar-refractivity contribution >= 4 is 28.5 Å². The van der Waals surface area contributed by atoms with Crippen molar-refractivity contribution in [1.82, 2.24) is 0 Å². The molecule has 2 aromatic rings. The van der Waals surface area contributed by atoms with Crippen molar-refractivity contribution in [2.24, 2.45) is 34.0 Å². The second-order valence-corrected chi connectivity index (χ2v) is 55.0. The van der Waals surface area contributed by atoms with Crippen LogP contribution in [0.3, 0.4) is 0 Å². The number of hydrogen-bond donors (Lipinski definition) is 1. The Labute approximate surface area is 932 Å². The highest BCUT2D eigenvalue weighted by molar-refractivity contribution is 7.42. The summed E-state index contributed by atoms with van der Waals surface area (Å²) in [6.07, 6.45) is 143. The lowest BCUT2D eigenvalue weighted by Crippen LogP contribution is -2.52. The molecule has 0 heterocycles. The van der Waals surface area contributed by atoms with Gasteiger partial charge in [-0.15, -0.1) is 22.3 Å². The summed E-state index contributed by atoms with van der Waals surface area (Å²) in [6.45, 7) is 44.8. The molecule has 8 unspecified atom stereocenters. The number of nitrogens with one attached hydrogen (secondary N) is 1. The Morgan fingerprint density at radius 2 is 0.367 bits per heavy atom. The number of rotatable bonds is 117. The average Bonchev–Trinajstić information content (AvgIpc) is 0.732. The molecule has 0 bridgehead atoms. The largest absolute Gasteiger partial charge is 0.260 e. The van der Waals surface area contributed by atoms with Crippen molar-refractivity contribution in [2.75, 3.05) is 5.43 Å². The topological polar surface area (TPSA) is 36.8 Å². The van der Waals surface area contributed by atoms with Crippen LogP contribution in [0, 0.1) is 23.7 Å². The third-order valence-corrected chi connectivity index (χ3v) is 43.3. The maximum Gasteiger partial charge on any atom is 0.0874 e. The number of hydrogen-bond acceptors (Lipinski definition) is 2. The molecule has 866 valence electrons. The van der Waals surface area contributed by atoms with Crippen LogP contribution in [0.5, 0.6) is 0 Å². The third-order valence-electron chi connectivity index (χ3n) is 37.5. The van der Waals surface area contributed by atoms with Gasteiger partial charge >= 0.3 is 0 Å². The molecule has 0 aromatic heterocycles. The van der Waals surface area contributed by atoms with E-state index in [1.807, 2.05) is 0 Å². The molecule has 0 aliphatic heterocycles. The first-order chi connectivity index (χ1) is 72.1. The van der Waals surface area contributed by atoms with Crippen LogP contribution in [-0.2, 0) is 10.8 Å². The van der Waals surface area contributed by atoms with Gasteiger partial charge < -0.3 is 0 Å². The quantitative estimate of drug-likeness (QED) is 0.0305. The molecule has 147 heavy (non-hydrogen) atoms. The van der Waals surface area contributed by atoms with E-state index in [4.69, 9.17) is 10.3 Å². The minimum Gasteiger partial charge on any atom is -0.260 e. The summed E-state index contributed by atoms with van der Waals surface area (Å²) in [5.41, 5.74) is 9.53. The molecule has 0 aliphatic rings. The summed E-state index contributed by atoms with van der Waals surface area (Å²) >= 11 is 0. The van der Waals surface area contributed by atoms with Crippen molar-refractivity contribution in [3.8, 4) is 0 Å². The molecule has 8 atom stereocenters. The standard InChI is InChI=1S/C142H273N3P2/c1-19-35-51-67-71-73-75-77-81-87-107-133(105-85-55-39-23-5)139(121-91-59-43-27-9,122-92-60-44-28-10)146-141(125-95-63-47-31-13,126-96-64-48-32-14)137(117-89-57-41-25-7,119-99-103-129(17)101-83-79-69-53-37-21-3)131-109-113-135(114-110-131)143-145-144-136-115-111-132(112-116-136)138(118-90-58-42-26-8,120-100-104-130(18)102-84-80-70-54-38-22-4)142(127-97-65-49-33-15,128-98-66-50-34-16)147-140(123-93-61-45-29-11,124-94-62-46-30-12)134(106-86-56-40-24-6)108-88-82-78-76-74-72-68-52-36-20-2/h109-116,129-130,133-134,146-147H,19-108,117-128H2,1-18H3,(H,143,144). The van der Waals surface area contributed by atoms with E-state index in [-0.39, 0.29) is 21.1 Å². The zero-order chi connectivity index (χ0) is 107. The Morgan fingerprint density at radius 3 is 0.605 bits per heavy atom. The second kappa shape index (κ2) is 99.0. The van der Waals surface area contributed by atoms with Gasteiger partial charge in [0.2, 0.25) is 0 Å². The van der Waals surface area contributed by atoms with Gasteiger partial charge in [-0.05, 0) is 182 Å². The second-order valence-electron chi connectivity index (χ2n) is 50.6. The van der Waals surface area contributed by atoms with Gasteiger partial charge in [0.1, 0.15) is 0 Å². The summed E-state index contributed by atoms with van der Waals surface area (Å²) in [7, 11) is 2.03. The molecule has 3 nitrogen and oxygen atoms in total. The molecule has 0 fully saturated rings. The molecule has 0 amide bonds. The molecule has 2 rings (SSSR count).